The quantitative estimate of drug-likeness (QED) is 0.466. The molecule has 29 heavy (non-hydrogen) atoms. The van der Waals surface area contributed by atoms with E-state index in [4.69, 9.17) is 5.73 Å². The first kappa shape index (κ1) is 23.1. The van der Waals surface area contributed by atoms with E-state index in [0.717, 1.165) is 16.5 Å². The van der Waals surface area contributed by atoms with E-state index in [9.17, 15) is 9.59 Å². The number of carbonyl (C=O) groups is 2. The third-order valence-electron chi connectivity index (χ3n) is 5.07. The van der Waals surface area contributed by atoms with Gasteiger partial charge in [0.05, 0.1) is 6.04 Å². The molecule has 1 aromatic heterocycles. The second-order valence-corrected chi connectivity index (χ2v) is 9.16. The molecule has 2 rings (SSSR count). The Morgan fingerprint density at radius 3 is 2.48 bits per heavy atom. The number of aromatic amines is 1. The van der Waals surface area contributed by atoms with Crippen LogP contribution in [0.3, 0.4) is 0 Å². The van der Waals surface area contributed by atoms with Gasteiger partial charge < -0.3 is 21.4 Å². The molecule has 5 N–H and O–H groups in total. The molecule has 2 atom stereocenters. The van der Waals surface area contributed by atoms with Crippen molar-refractivity contribution in [2.24, 2.45) is 11.1 Å². The molecular formula is C23H36N4O2. The highest BCUT2D eigenvalue weighted by Crippen LogP contribution is 2.23. The van der Waals surface area contributed by atoms with Gasteiger partial charge in [-0.25, -0.2) is 0 Å². The van der Waals surface area contributed by atoms with Crippen LogP contribution in [0.2, 0.25) is 0 Å². The van der Waals surface area contributed by atoms with E-state index in [-0.39, 0.29) is 29.8 Å². The van der Waals surface area contributed by atoms with E-state index < -0.39 is 5.41 Å². The van der Waals surface area contributed by atoms with Crippen LogP contribution in [-0.4, -0.2) is 41.3 Å². The molecule has 0 fully saturated rings. The standard InChI is InChI=1S/C23H36N4O2/c1-15(2)27-17(10-11-21(24)28)14-26-20(22(29)23(3,4)5)12-16-13-25-19-9-7-6-8-18(16)19/h6-9,13,15,17,20,25-27H,10-12,14H2,1-5H3,(H2,24,28)/t17-,20-/m0/s1. The SMILES string of the molecule is CC(C)N[C@@H](CCC(N)=O)CN[C@@H](Cc1c[nH]c2ccccc12)C(=O)C(C)(C)C. The Labute approximate surface area is 174 Å². The fraction of sp³-hybridized carbons (Fsp3) is 0.565. The van der Waals surface area contributed by atoms with E-state index in [0.29, 0.717) is 25.8 Å². The van der Waals surface area contributed by atoms with E-state index in [1.165, 1.54) is 0 Å². The van der Waals surface area contributed by atoms with Crippen LogP contribution in [0.25, 0.3) is 10.9 Å². The molecular weight excluding hydrogens is 364 g/mol. The normalized spacial score (nSPS) is 14.3. The highest BCUT2D eigenvalue weighted by molar-refractivity contribution is 5.90. The van der Waals surface area contributed by atoms with E-state index in [1.807, 2.05) is 45.2 Å². The molecule has 0 bridgehead atoms. The van der Waals surface area contributed by atoms with Gasteiger partial charge in [-0.05, 0) is 24.5 Å². The molecule has 6 heteroatoms. The van der Waals surface area contributed by atoms with Crippen LogP contribution in [-0.2, 0) is 16.0 Å². The minimum Gasteiger partial charge on any atom is -0.370 e. The Hall–Kier alpha value is -2.18. The van der Waals surface area contributed by atoms with Crippen molar-refractivity contribution in [3.05, 3.63) is 36.0 Å². The lowest BCUT2D eigenvalue weighted by atomic mass is 9.84. The molecule has 0 aliphatic heterocycles. The summed E-state index contributed by atoms with van der Waals surface area (Å²) in [5.41, 5.74) is 7.09. The Morgan fingerprint density at radius 1 is 1.17 bits per heavy atom. The number of amides is 1. The number of fused-ring (bicyclic) bond motifs is 1. The Balaban J connectivity index is 2.16. The fourth-order valence-corrected chi connectivity index (χ4v) is 3.62. The Bertz CT molecular complexity index is 820. The van der Waals surface area contributed by atoms with E-state index in [1.54, 1.807) is 0 Å². The van der Waals surface area contributed by atoms with Crippen molar-refractivity contribution in [1.82, 2.24) is 15.6 Å². The van der Waals surface area contributed by atoms with E-state index in [2.05, 4.69) is 35.5 Å². The number of benzene rings is 1. The number of ketones is 1. The van der Waals surface area contributed by atoms with Crippen LogP contribution in [0, 0.1) is 5.41 Å². The lowest BCUT2D eigenvalue weighted by Crippen LogP contribution is -2.50. The van der Waals surface area contributed by atoms with Crippen LogP contribution in [0.15, 0.2) is 30.5 Å². The number of H-pyrrole nitrogens is 1. The number of hydrogen-bond acceptors (Lipinski definition) is 4. The first-order valence-corrected chi connectivity index (χ1v) is 10.4. The maximum atomic E-state index is 13.2. The predicted molar refractivity (Wildman–Crippen MR) is 119 cm³/mol. The van der Waals surface area contributed by atoms with Crippen molar-refractivity contribution < 1.29 is 9.59 Å². The molecule has 0 unspecified atom stereocenters. The van der Waals surface area contributed by atoms with Crippen LogP contribution in [0.5, 0.6) is 0 Å². The second-order valence-electron chi connectivity index (χ2n) is 9.16. The maximum Gasteiger partial charge on any atom is 0.217 e. The summed E-state index contributed by atoms with van der Waals surface area (Å²) in [5.74, 6) is -0.123. The number of rotatable bonds is 11. The molecule has 1 aromatic carbocycles. The summed E-state index contributed by atoms with van der Waals surface area (Å²) in [5, 5.41) is 8.09. The summed E-state index contributed by atoms with van der Waals surface area (Å²) < 4.78 is 0. The van der Waals surface area contributed by atoms with Gasteiger partial charge in [0, 0.05) is 47.6 Å². The first-order valence-electron chi connectivity index (χ1n) is 10.4. The van der Waals surface area contributed by atoms with Crippen molar-refractivity contribution in [2.75, 3.05) is 6.54 Å². The zero-order chi connectivity index (χ0) is 21.6. The van der Waals surface area contributed by atoms with E-state index >= 15 is 0 Å². The number of Topliss-reactive ketones (excluding diaryl/α,β-unsaturated/α-hetero) is 1. The number of carbonyl (C=O) groups excluding carboxylic acids is 2. The first-order chi connectivity index (χ1) is 13.6. The topological polar surface area (TPSA) is 100 Å². The lowest BCUT2D eigenvalue weighted by Gasteiger charge is -2.28. The number of nitrogens with one attached hydrogen (secondary N) is 3. The van der Waals surface area contributed by atoms with Gasteiger partial charge in [0.25, 0.3) is 0 Å². The number of aromatic nitrogens is 1. The van der Waals surface area contributed by atoms with Crippen molar-refractivity contribution in [3.8, 4) is 0 Å². The van der Waals surface area contributed by atoms with Crippen LogP contribution < -0.4 is 16.4 Å². The van der Waals surface area contributed by atoms with Gasteiger partial charge >= 0.3 is 0 Å². The molecule has 0 saturated carbocycles. The number of para-hydroxylation sites is 1. The van der Waals surface area contributed by atoms with Gasteiger partial charge in [-0.1, -0.05) is 52.8 Å². The molecule has 1 heterocycles. The van der Waals surface area contributed by atoms with Gasteiger partial charge in [0.2, 0.25) is 5.91 Å². The number of nitrogens with two attached hydrogens (primary N) is 1. The summed E-state index contributed by atoms with van der Waals surface area (Å²) in [7, 11) is 0. The molecule has 160 valence electrons. The largest absolute Gasteiger partial charge is 0.370 e. The average molecular weight is 401 g/mol. The molecule has 2 aromatic rings. The average Bonchev–Trinajstić information content (AvgIpc) is 3.04. The summed E-state index contributed by atoms with van der Waals surface area (Å²) in [6.45, 7) is 10.6. The van der Waals surface area contributed by atoms with Crippen LogP contribution in [0.1, 0.15) is 53.0 Å². The van der Waals surface area contributed by atoms with Crippen molar-refractivity contribution in [3.63, 3.8) is 0 Å². The van der Waals surface area contributed by atoms with Crippen LogP contribution >= 0.6 is 0 Å². The van der Waals surface area contributed by atoms with Gasteiger partial charge in [-0.3, -0.25) is 9.59 Å². The summed E-state index contributed by atoms with van der Waals surface area (Å²) in [6, 6.07) is 8.18. The van der Waals surface area contributed by atoms with Gasteiger partial charge in [-0.2, -0.15) is 0 Å². The van der Waals surface area contributed by atoms with Crippen molar-refractivity contribution >= 4 is 22.6 Å². The van der Waals surface area contributed by atoms with Crippen molar-refractivity contribution in [1.29, 1.82) is 0 Å². The fourth-order valence-electron chi connectivity index (χ4n) is 3.62. The molecule has 0 radical (unpaired) electrons. The minimum absolute atomic E-state index is 0.0701. The number of hydrogen-bond donors (Lipinski definition) is 4. The Morgan fingerprint density at radius 2 is 1.86 bits per heavy atom. The van der Waals surface area contributed by atoms with Crippen molar-refractivity contribution in [2.45, 2.75) is 72.0 Å². The lowest BCUT2D eigenvalue weighted by molar-refractivity contribution is -0.128. The highest BCUT2D eigenvalue weighted by Gasteiger charge is 2.30. The third-order valence-corrected chi connectivity index (χ3v) is 5.07. The molecule has 0 aliphatic rings. The summed E-state index contributed by atoms with van der Waals surface area (Å²) in [6.07, 6.45) is 3.58. The molecule has 0 aliphatic carbocycles. The zero-order valence-corrected chi connectivity index (χ0v) is 18.3. The third kappa shape index (κ3) is 6.98. The smallest absolute Gasteiger partial charge is 0.217 e. The maximum absolute atomic E-state index is 13.2. The van der Waals surface area contributed by atoms with Crippen LogP contribution in [0.4, 0.5) is 0 Å². The van der Waals surface area contributed by atoms with Gasteiger partial charge in [-0.15, -0.1) is 0 Å². The number of primary amides is 1. The Kier molecular flexibility index (Phi) is 7.99. The molecule has 0 saturated heterocycles. The summed E-state index contributed by atoms with van der Waals surface area (Å²) in [4.78, 5) is 27.7. The summed E-state index contributed by atoms with van der Waals surface area (Å²) >= 11 is 0. The highest BCUT2D eigenvalue weighted by atomic mass is 16.1. The minimum atomic E-state index is -0.446. The van der Waals surface area contributed by atoms with Gasteiger partial charge in [0.15, 0.2) is 5.78 Å². The second kappa shape index (κ2) is 10.0. The zero-order valence-electron chi connectivity index (χ0n) is 18.3. The monoisotopic (exact) mass is 400 g/mol. The molecule has 1 amide bonds. The van der Waals surface area contributed by atoms with Gasteiger partial charge in [0.1, 0.15) is 0 Å². The predicted octanol–water partition coefficient (Wildman–Crippen LogP) is 2.92. The molecule has 6 nitrogen and oxygen atoms in total. The molecule has 0 spiro atoms.